The maximum Gasteiger partial charge on any atom is 0.435 e. The van der Waals surface area contributed by atoms with Crippen molar-refractivity contribution in [1.82, 2.24) is 19.7 Å². The van der Waals surface area contributed by atoms with Gasteiger partial charge < -0.3 is 4.98 Å². The van der Waals surface area contributed by atoms with Crippen molar-refractivity contribution in [2.75, 3.05) is 0 Å². The molecule has 4 nitrogen and oxygen atoms in total. The summed E-state index contributed by atoms with van der Waals surface area (Å²) in [6, 6.07) is 8.39. The molecule has 0 aliphatic rings. The van der Waals surface area contributed by atoms with E-state index in [2.05, 4.69) is 15.1 Å². The van der Waals surface area contributed by atoms with Crippen LogP contribution >= 0.6 is 0 Å². The number of benzene rings is 1. The van der Waals surface area contributed by atoms with Crippen molar-refractivity contribution in [1.29, 1.82) is 0 Å². The molecule has 0 aliphatic heterocycles. The van der Waals surface area contributed by atoms with Crippen LogP contribution in [0, 0.1) is 0 Å². The van der Waals surface area contributed by atoms with Crippen LogP contribution in [-0.2, 0) is 6.18 Å². The summed E-state index contributed by atoms with van der Waals surface area (Å²) in [6.45, 7) is 0. The molecule has 0 aliphatic carbocycles. The minimum Gasteiger partial charge on any atom is -0.344 e. The predicted molar refractivity (Wildman–Crippen MR) is 66.1 cm³/mol. The molecule has 0 spiro atoms. The van der Waals surface area contributed by atoms with Crippen LogP contribution in [-0.4, -0.2) is 19.7 Å². The first-order chi connectivity index (χ1) is 9.55. The number of imidazole rings is 1. The van der Waals surface area contributed by atoms with Crippen LogP contribution in [0.25, 0.3) is 16.9 Å². The standard InChI is InChI=1S/C13H9F3N4/c14-13(15,16)12-11(17-8-18-12)9-3-1-4-10(7-9)20-6-2-5-19-20/h1-8H,(H,17,18). The summed E-state index contributed by atoms with van der Waals surface area (Å²) < 4.78 is 40.1. The molecule has 0 amide bonds. The molecule has 102 valence electrons. The SMILES string of the molecule is FC(F)(F)c1nc[nH]c1-c1cccc(-n2cccn2)c1. The molecule has 3 aromatic rings. The number of nitrogens with one attached hydrogen (secondary N) is 1. The molecule has 0 atom stereocenters. The van der Waals surface area contributed by atoms with Crippen molar-refractivity contribution in [3.8, 4) is 16.9 Å². The predicted octanol–water partition coefficient (Wildman–Crippen LogP) is 3.28. The van der Waals surface area contributed by atoms with Gasteiger partial charge in [-0.25, -0.2) is 9.67 Å². The number of rotatable bonds is 2. The Hall–Kier alpha value is -2.57. The second-order valence-corrected chi connectivity index (χ2v) is 4.12. The summed E-state index contributed by atoms with van der Waals surface area (Å²) in [5, 5.41) is 4.05. The van der Waals surface area contributed by atoms with E-state index >= 15 is 0 Å². The van der Waals surface area contributed by atoms with Gasteiger partial charge in [-0.15, -0.1) is 0 Å². The number of hydrogen-bond donors (Lipinski definition) is 1. The maximum atomic E-state index is 12.8. The van der Waals surface area contributed by atoms with E-state index in [9.17, 15) is 13.2 Å². The zero-order valence-corrected chi connectivity index (χ0v) is 10.1. The van der Waals surface area contributed by atoms with E-state index in [0.29, 0.717) is 11.3 Å². The summed E-state index contributed by atoms with van der Waals surface area (Å²) in [6.07, 6.45) is -0.128. The van der Waals surface area contributed by atoms with Crippen LogP contribution in [0.15, 0.2) is 49.1 Å². The highest BCUT2D eigenvalue weighted by molar-refractivity contribution is 5.65. The molecule has 1 N–H and O–H groups in total. The first kappa shape index (κ1) is 12.5. The highest BCUT2D eigenvalue weighted by Gasteiger charge is 2.36. The van der Waals surface area contributed by atoms with Gasteiger partial charge in [0.25, 0.3) is 0 Å². The molecular formula is C13H9F3N4. The minimum absolute atomic E-state index is 0.0495. The van der Waals surface area contributed by atoms with Gasteiger partial charge in [-0.3, -0.25) is 0 Å². The van der Waals surface area contributed by atoms with Gasteiger partial charge in [0.1, 0.15) is 0 Å². The highest BCUT2D eigenvalue weighted by atomic mass is 19.4. The number of aromatic nitrogens is 4. The van der Waals surface area contributed by atoms with Crippen LogP contribution < -0.4 is 0 Å². The van der Waals surface area contributed by atoms with E-state index in [1.807, 2.05) is 0 Å². The molecule has 0 saturated carbocycles. The molecule has 2 heterocycles. The van der Waals surface area contributed by atoms with Crippen molar-refractivity contribution in [2.45, 2.75) is 6.18 Å². The molecule has 0 radical (unpaired) electrons. The fourth-order valence-electron chi connectivity index (χ4n) is 1.95. The van der Waals surface area contributed by atoms with Gasteiger partial charge in [0.05, 0.1) is 17.7 Å². The van der Waals surface area contributed by atoms with Gasteiger partial charge in [-0.2, -0.15) is 18.3 Å². The molecule has 0 unspecified atom stereocenters. The van der Waals surface area contributed by atoms with Crippen LogP contribution in [0.5, 0.6) is 0 Å². The third-order valence-electron chi connectivity index (χ3n) is 2.81. The Balaban J connectivity index is 2.08. The van der Waals surface area contributed by atoms with Gasteiger partial charge in [-0.1, -0.05) is 12.1 Å². The van der Waals surface area contributed by atoms with E-state index in [1.165, 1.54) is 0 Å². The van der Waals surface area contributed by atoms with Gasteiger partial charge in [0.2, 0.25) is 0 Å². The quantitative estimate of drug-likeness (QED) is 0.782. The summed E-state index contributed by atoms with van der Waals surface area (Å²) in [7, 11) is 0. The van der Waals surface area contributed by atoms with E-state index < -0.39 is 11.9 Å². The molecule has 0 fully saturated rings. The van der Waals surface area contributed by atoms with Gasteiger partial charge in [0, 0.05) is 18.0 Å². The third kappa shape index (κ3) is 2.18. The normalized spacial score (nSPS) is 11.8. The van der Waals surface area contributed by atoms with Crippen LogP contribution in [0.3, 0.4) is 0 Å². The second-order valence-electron chi connectivity index (χ2n) is 4.12. The monoisotopic (exact) mass is 278 g/mol. The van der Waals surface area contributed by atoms with Gasteiger partial charge in [0.15, 0.2) is 5.69 Å². The number of alkyl halides is 3. The molecule has 0 saturated heterocycles. The third-order valence-corrected chi connectivity index (χ3v) is 2.81. The lowest BCUT2D eigenvalue weighted by atomic mass is 10.1. The maximum absolute atomic E-state index is 12.8. The minimum atomic E-state index is -4.49. The lowest BCUT2D eigenvalue weighted by Crippen LogP contribution is -2.07. The van der Waals surface area contributed by atoms with Gasteiger partial charge in [-0.05, 0) is 18.2 Å². The molecule has 0 bridgehead atoms. The average molecular weight is 278 g/mol. The Bertz CT molecular complexity index is 713. The Morgan fingerprint density at radius 1 is 1.15 bits per heavy atom. The van der Waals surface area contributed by atoms with Crippen molar-refractivity contribution < 1.29 is 13.2 Å². The summed E-state index contributed by atoms with van der Waals surface area (Å²) in [5.41, 5.74) is 0.111. The summed E-state index contributed by atoms with van der Waals surface area (Å²) in [4.78, 5) is 5.89. The Kier molecular flexibility index (Phi) is 2.81. The van der Waals surface area contributed by atoms with Crippen molar-refractivity contribution in [3.05, 3.63) is 54.7 Å². The summed E-state index contributed by atoms with van der Waals surface area (Å²) in [5.74, 6) is 0. The van der Waals surface area contributed by atoms with E-state index in [1.54, 1.807) is 47.4 Å². The highest BCUT2D eigenvalue weighted by Crippen LogP contribution is 2.34. The number of hydrogen-bond acceptors (Lipinski definition) is 2. The molecule has 1 aromatic carbocycles. The number of nitrogens with zero attached hydrogens (tertiary/aromatic N) is 3. The van der Waals surface area contributed by atoms with E-state index in [4.69, 9.17) is 0 Å². The lowest BCUT2D eigenvalue weighted by Gasteiger charge is -2.08. The first-order valence-electron chi connectivity index (χ1n) is 5.77. The second kappa shape index (κ2) is 4.52. The largest absolute Gasteiger partial charge is 0.435 e. The van der Waals surface area contributed by atoms with Crippen molar-refractivity contribution in [3.63, 3.8) is 0 Å². The smallest absolute Gasteiger partial charge is 0.344 e. The molecular weight excluding hydrogens is 269 g/mol. The topological polar surface area (TPSA) is 46.5 Å². The fraction of sp³-hybridized carbons (Fsp3) is 0.0769. The van der Waals surface area contributed by atoms with E-state index in [-0.39, 0.29) is 5.69 Å². The van der Waals surface area contributed by atoms with Crippen LogP contribution in [0.2, 0.25) is 0 Å². The average Bonchev–Trinajstić information content (AvgIpc) is 3.10. The Labute approximate surface area is 111 Å². The first-order valence-corrected chi connectivity index (χ1v) is 5.77. The zero-order chi connectivity index (χ0) is 14.2. The van der Waals surface area contributed by atoms with Crippen LogP contribution in [0.4, 0.5) is 13.2 Å². The molecule has 7 heteroatoms. The van der Waals surface area contributed by atoms with Gasteiger partial charge >= 0.3 is 6.18 Å². The Morgan fingerprint density at radius 3 is 2.70 bits per heavy atom. The number of H-pyrrole nitrogens is 1. The molecule has 3 rings (SSSR count). The zero-order valence-electron chi connectivity index (χ0n) is 10.1. The summed E-state index contributed by atoms with van der Waals surface area (Å²) >= 11 is 0. The number of halogens is 3. The van der Waals surface area contributed by atoms with Crippen LogP contribution in [0.1, 0.15) is 5.69 Å². The molecule has 20 heavy (non-hydrogen) atoms. The van der Waals surface area contributed by atoms with Crippen molar-refractivity contribution in [2.24, 2.45) is 0 Å². The van der Waals surface area contributed by atoms with Crippen molar-refractivity contribution >= 4 is 0 Å². The fourth-order valence-corrected chi connectivity index (χ4v) is 1.95. The molecule has 2 aromatic heterocycles. The number of aromatic amines is 1. The van der Waals surface area contributed by atoms with E-state index in [0.717, 1.165) is 6.33 Å². The lowest BCUT2D eigenvalue weighted by molar-refractivity contribution is -0.140. The Morgan fingerprint density at radius 2 is 2.00 bits per heavy atom.